The summed E-state index contributed by atoms with van der Waals surface area (Å²) in [5.74, 6) is -3.58. The van der Waals surface area contributed by atoms with E-state index < -0.39 is 60.5 Å². The fourth-order valence-corrected chi connectivity index (χ4v) is 2.50. The third-order valence-electron chi connectivity index (χ3n) is 3.58. The highest BCUT2D eigenvalue weighted by Crippen LogP contribution is 2.35. The van der Waals surface area contributed by atoms with Crippen LogP contribution in [0.5, 0.6) is 0 Å². The fourth-order valence-electron chi connectivity index (χ4n) is 2.50. The molecule has 1 heterocycles. The van der Waals surface area contributed by atoms with Crippen LogP contribution in [0.25, 0.3) is 0 Å². The minimum atomic E-state index is -5.27. The number of alkyl halides is 6. The Bertz CT molecular complexity index is 673. The van der Waals surface area contributed by atoms with Gasteiger partial charge in [0.05, 0.1) is 17.4 Å². The molecule has 11 heteroatoms. The quantitative estimate of drug-likeness (QED) is 0.784. The van der Waals surface area contributed by atoms with Crippen molar-refractivity contribution in [3.05, 3.63) is 29.8 Å². The summed E-state index contributed by atoms with van der Waals surface area (Å²) in [5.41, 5.74) is -1.84. The second kappa shape index (κ2) is 6.54. The van der Waals surface area contributed by atoms with Crippen LogP contribution >= 0.6 is 0 Å². The molecule has 1 aliphatic heterocycles. The molecule has 5 nitrogen and oxygen atoms in total. The van der Waals surface area contributed by atoms with Crippen molar-refractivity contribution < 1.29 is 41.0 Å². The van der Waals surface area contributed by atoms with E-state index in [1.165, 1.54) is 6.07 Å². The SMILES string of the molecule is O=C(Nc1ccccc1C(F)(F)F)[C@H]1C[C@H](O)CN1C(=O)C(F)(F)F. The number of nitrogens with zero attached hydrogens (tertiary/aromatic N) is 1. The molecular weight excluding hydrogens is 358 g/mol. The van der Waals surface area contributed by atoms with Gasteiger partial charge in [-0.05, 0) is 12.1 Å². The van der Waals surface area contributed by atoms with E-state index in [4.69, 9.17) is 0 Å². The average molecular weight is 370 g/mol. The van der Waals surface area contributed by atoms with E-state index in [2.05, 4.69) is 0 Å². The van der Waals surface area contributed by atoms with Crippen LogP contribution in [0.15, 0.2) is 24.3 Å². The van der Waals surface area contributed by atoms with Gasteiger partial charge in [0, 0.05) is 13.0 Å². The van der Waals surface area contributed by atoms with Crippen LogP contribution in [0.4, 0.5) is 32.0 Å². The molecule has 2 N–H and O–H groups in total. The van der Waals surface area contributed by atoms with E-state index in [-0.39, 0.29) is 4.90 Å². The predicted octanol–water partition coefficient (Wildman–Crippen LogP) is 2.17. The van der Waals surface area contributed by atoms with Gasteiger partial charge in [-0.3, -0.25) is 9.59 Å². The third kappa shape index (κ3) is 4.21. The first kappa shape index (κ1) is 19.0. The number of likely N-dealkylation sites (tertiary alicyclic amines) is 1. The summed E-state index contributed by atoms with van der Waals surface area (Å²) in [6, 6.07) is 2.18. The molecule has 1 aliphatic rings. The lowest BCUT2D eigenvalue weighted by molar-refractivity contribution is -0.186. The first-order chi connectivity index (χ1) is 11.4. The first-order valence-corrected chi connectivity index (χ1v) is 6.94. The van der Waals surface area contributed by atoms with Gasteiger partial charge in [-0.15, -0.1) is 0 Å². The molecule has 0 bridgehead atoms. The molecule has 0 spiro atoms. The zero-order valence-corrected chi connectivity index (χ0v) is 12.4. The number of β-amino-alcohol motifs (C(OH)–C–C–N with tert-alkyl or cyclic N) is 1. The number of carbonyl (C=O) groups is 2. The number of anilines is 1. The van der Waals surface area contributed by atoms with Crippen molar-refractivity contribution >= 4 is 17.5 Å². The maximum Gasteiger partial charge on any atom is 0.471 e. The van der Waals surface area contributed by atoms with Crippen molar-refractivity contribution in [3.63, 3.8) is 0 Å². The number of aliphatic hydroxyl groups is 1. The normalized spacial score (nSPS) is 21.3. The van der Waals surface area contributed by atoms with Gasteiger partial charge in [0.25, 0.3) is 0 Å². The minimum absolute atomic E-state index is 0.107. The van der Waals surface area contributed by atoms with Gasteiger partial charge in [-0.2, -0.15) is 26.3 Å². The Kier molecular flexibility index (Phi) is 4.98. The number of aliphatic hydroxyl groups excluding tert-OH is 1. The molecule has 1 saturated heterocycles. The summed E-state index contributed by atoms with van der Waals surface area (Å²) in [7, 11) is 0. The summed E-state index contributed by atoms with van der Waals surface area (Å²) in [5, 5.41) is 11.3. The molecule has 1 aromatic carbocycles. The van der Waals surface area contributed by atoms with Crippen LogP contribution in [-0.2, 0) is 15.8 Å². The standard InChI is InChI=1S/C14H12F6N2O3/c15-13(16,17)8-3-1-2-4-9(8)21-11(24)10-5-7(23)6-22(10)12(25)14(18,19)20/h1-4,7,10,23H,5-6H2,(H,21,24)/t7-,10+/m0/s1. The summed E-state index contributed by atoms with van der Waals surface area (Å²) in [4.78, 5) is 23.6. The molecule has 0 unspecified atom stereocenters. The molecule has 0 radical (unpaired) electrons. The second-order valence-corrected chi connectivity index (χ2v) is 5.39. The molecule has 1 aromatic rings. The molecule has 138 valence electrons. The number of carbonyl (C=O) groups excluding carboxylic acids is 2. The Morgan fingerprint density at radius 2 is 1.72 bits per heavy atom. The maximum absolute atomic E-state index is 12.9. The summed E-state index contributed by atoms with van der Waals surface area (Å²) < 4.78 is 76.4. The molecular formula is C14H12F6N2O3. The van der Waals surface area contributed by atoms with E-state index >= 15 is 0 Å². The van der Waals surface area contributed by atoms with Crippen LogP contribution in [0.2, 0.25) is 0 Å². The Balaban J connectivity index is 2.24. The molecule has 0 aromatic heterocycles. The molecule has 2 atom stereocenters. The van der Waals surface area contributed by atoms with E-state index in [9.17, 15) is 41.0 Å². The van der Waals surface area contributed by atoms with Crippen LogP contribution in [0, 0.1) is 0 Å². The van der Waals surface area contributed by atoms with Gasteiger partial charge in [0.15, 0.2) is 0 Å². The van der Waals surface area contributed by atoms with Gasteiger partial charge < -0.3 is 15.3 Å². The third-order valence-corrected chi connectivity index (χ3v) is 3.58. The number of benzene rings is 1. The van der Waals surface area contributed by atoms with Crippen molar-refractivity contribution in [2.45, 2.75) is 30.9 Å². The molecule has 2 rings (SSSR count). The smallest absolute Gasteiger partial charge is 0.391 e. The number of para-hydroxylation sites is 1. The van der Waals surface area contributed by atoms with Crippen LogP contribution in [-0.4, -0.2) is 46.7 Å². The molecule has 0 saturated carbocycles. The Morgan fingerprint density at radius 3 is 2.28 bits per heavy atom. The Morgan fingerprint density at radius 1 is 1.12 bits per heavy atom. The van der Waals surface area contributed by atoms with Gasteiger partial charge in [-0.25, -0.2) is 0 Å². The van der Waals surface area contributed by atoms with Crippen molar-refractivity contribution in [2.75, 3.05) is 11.9 Å². The summed E-state index contributed by atoms with van der Waals surface area (Å²) in [6.07, 6.45) is -12.0. The zero-order valence-electron chi connectivity index (χ0n) is 12.4. The highest BCUT2D eigenvalue weighted by molar-refractivity contribution is 5.98. The highest BCUT2D eigenvalue weighted by atomic mass is 19.4. The largest absolute Gasteiger partial charge is 0.471 e. The lowest BCUT2D eigenvalue weighted by atomic mass is 10.1. The van der Waals surface area contributed by atoms with Crippen molar-refractivity contribution in [1.29, 1.82) is 0 Å². The second-order valence-electron chi connectivity index (χ2n) is 5.39. The van der Waals surface area contributed by atoms with Gasteiger partial charge in [0.1, 0.15) is 6.04 Å². The van der Waals surface area contributed by atoms with Crippen LogP contribution < -0.4 is 5.32 Å². The van der Waals surface area contributed by atoms with E-state index in [1.807, 2.05) is 5.32 Å². The molecule has 0 aliphatic carbocycles. The van der Waals surface area contributed by atoms with E-state index in [0.29, 0.717) is 6.07 Å². The monoisotopic (exact) mass is 370 g/mol. The van der Waals surface area contributed by atoms with E-state index in [0.717, 1.165) is 12.1 Å². The number of hydrogen-bond acceptors (Lipinski definition) is 3. The van der Waals surface area contributed by atoms with Crippen LogP contribution in [0.1, 0.15) is 12.0 Å². The van der Waals surface area contributed by atoms with Crippen molar-refractivity contribution in [3.8, 4) is 0 Å². The molecule has 1 fully saturated rings. The topological polar surface area (TPSA) is 69.6 Å². The summed E-state index contributed by atoms with van der Waals surface area (Å²) >= 11 is 0. The van der Waals surface area contributed by atoms with E-state index in [1.54, 1.807) is 0 Å². The Hall–Kier alpha value is -2.30. The van der Waals surface area contributed by atoms with Crippen molar-refractivity contribution in [1.82, 2.24) is 4.90 Å². The lowest BCUT2D eigenvalue weighted by Gasteiger charge is -2.25. The summed E-state index contributed by atoms with van der Waals surface area (Å²) in [6.45, 7) is -0.739. The van der Waals surface area contributed by atoms with Gasteiger partial charge >= 0.3 is 18.3 Å². The van der Waals surface area contributed by atoms with Crippen molar-refractivity contribution in [2.24, 2.45) is 0 Å². The fraction of sp³-hybridized carbons (Fsp3) is 0.429. The first-order valence-electron chi connectivity index (χ1n) is 6.94. The number of halogens is 6. The number of nitrogens with one attached hydrogen (secondary N) is 1. The number of amides is 2. The predicted molar refractivity (Wildman–Crippen MR) is 72.3 cm³/mol. The highest BCUT2D eigenvalue weighted by Gasteiger charge is 2.49. The minimum Gasteiger partial charge on any atom is -0.391 e. The van der Waals surface area contributed by atoms with Crippen LogP contribution in [0.3, 0.4) is 0 Å². The van der Waals surface area contributed by atoms with Gasteiger partial charge in [0.2, 0.25) is 5.91 Å². The molecule has 25 heavy (non-hydrogen) atoms. The maximum atomic E-state index is 12.9. The average Bonchev–Trinajstić information content (AvgIpc) is 2.87. The number of hydrogen-bond donors (Lipinski definition) is 2. The lowest BCUT2D eigenvalue weighted by Crippen LogP contribution is -2.48. The Labute approximate surface area is 137 Å². The zero-order chi connectivity index (χ0) is 19.0. The number of rotatable bonds is 2. The molecule has 2 amide bonds. The van der Waals surface area contributed by atoms with Gasteiger partial charge in [-0.1, -0.05) is 12.1 Å².